The van der Waals surface area contributed by atoms with E-state index < -0.39 is 24.3 Å². The summed E-state index contributed by atoms with van der Waals surface area (Å²) in [5.41, 5.74) is 0. The quantitative estimate of drug-likeness (QED) is 0.573. The Morgan fingerprint density at radius 2 is 1.86 bits per heavy atom. The summed E-state index contributed by atoms with van der Waals surface area (Å²) in [6.07, 6.45) is 5.18. The summed E-state index contributed by atoms with van der Waals surface area (Å²) in [5, 5.41) is 10.6. The van der Waals surface area contributed by atoms with E-state index in [2.05, 4.69) is 0 Å². The first-order valence-corrected chi connectivity index (χ1v) is 9.57. The zero-order valence-electron chi connectivity index (χ0n) is 17.1. The number of rotatable bonds is 4. The van der Waals surface area contributed by atoms with Gasteiger partial charge < -0.3 is 24.1 Å². The summed E-state index contributed by atoms with van der Waals surface area (Å²) in [5.74, 6) is -1.29. The maximum atomic E-state index is 12.4. The van der Waals surface area contributed by atoms with Gasteiger partial charge in [-0.25, -0.2) is 0 Å². The Kier molecular flexibility index (Phi) is 10.9. The van der Waals surface area contributed by atoms with Crippen molar-refractivity contribution >= 4 is 18.0 Å². The number of esters is 1. The van der Waals surface area contributed by atoms with Gasteiger partial charge in [0.1, 0.15) is 18.5 Å². The standard InChI is InChI=1S/C21H32O7/c1-14-12-16(10-11-22)20(26-3)21(27-4)18(24)13-19(25)28-15(2)8-6-5-7-9-17(14)23/h5-7,9,11,14-16,18,20-21,24H,8,10,12-13H2,1-4H3/b6-5+,9-7+/t14-,15-,16+,18-,20+,21+/m1/s1. The molecular weight excluding hydrogens is 364 g/mol. The van der Waals surface area contributed by atoms with Crippen molar-refractivity contribution in [3.63, 3.8) is 0 Å². The molecule has 0 unspecified atom stereocenters. The number of ketones is 1. The number of cyclic esters (lactones) is 1. The average molecular weight is 396 g/mol. The lowest BCUT2D eigenvalue weighted by Gasteiger charge is -2.34. The van der Waals surface area contributed by atoms with Crippen LogP contribution in [0.15, 0.2) is 24.3 Å². The van der Waals surface area contributed by atoms with Crippen molar-refractivity contribution in [2.24, 2.45) is 11.8 Å². The van der Waals surface area contributed by atoms with Crippen LogP contribution >= 0.6 is 0 Å². The van der Waals surface area contributed by atoms with Crippen molar-refractivity contribution in [3.05, 3.63) is 24.3 Å². The first-order chi connectivity index (χ1) is 13.3. The zero-order valence-corrected chi connectivity index (χ0v) is 17.1. The van der Waals surface area contributed by atoms with E-state index in [-0.39, 0.29) is 36.6 Å². The second-order valence-electron chi connectivity index (χ2n) is 7.20. The number of carbonyl (C=O) groups excluding carboxylic acids is 3. The second kappa shape index (κ2) is 12.6. The van der Waals surface area contributed by atoms with Gasteiger partial charge in [0.25, 0.3) is 0 Å². The maximum Gasteiger partial charge on any atom is 0.308 e. The molecule has 7 heteroatoms. The molecule has 7 nitrogen and oxygen atoms in total. The Bertz CT molecular complexity index is 569. The van der Waals surface area contributed by atoms with E-state index in [1.165, 1.54) is 20.3 Å². The molecule has 0 aromatic carbocycles. The van der Waals surface area contributed by atoms with Crippen molar-refractivity contribution in [1.82, 2.24) is 0 Å². The highest BCUT2D eigenvalue weighted by Gasteiger charge is 2.37. The van der Waals surface area contributed by atoms with Gasteiger partial charge in [-0.1, -0.05) is 25.2 Å². The molecule has 0 amide bonds. The Labute approximate surface area is 166 Å². The third-order valence-corrected chi connectivity index (χ3v) is 4.94. The van der Waals surface area contributed by atoms with E-state index >= 15 is 0 Å². The fourth-order valence-corrected chi connectivity index (χ4v) is 3.43. The monoisotopic (exact) mass is 396 g/mol. The Morgan fingerprint density at radius 3 is 2.46 bits per heavy atom. The molecule has 0 spiro atoms. The highest BCUT2D eigenvalue weighted by atomic mass is 16.5. The molecule has 0 saturated carbocycles. The van der Waals surface area contributed by atoms with E-state index in [9.17, 15) is 19.5 Å². The molecular formula is C21H32O7. The third-order valence-electron chi connectivity index (χ3n) is 4.94. The highest BCUT2D eigenvalue weighted by Crippen LogP contribution is 2.27. The molecule has 1 aliphatic heterocycles. The van der Waals surface area contributed by atoms with Gasteiger partial charge in [-0.3, -0.25) is 9.59 Å². The van der Waals surface area contributed by atoms with Gasteiger partial charge in [-0.2, -0.15) is 0 Å². The zero-order chi connectivity index (χ0) is 21.1. The second-order valence-corrected chi connectivity index (χ2v) is 7.20. The van der Waals surface area contributed by atoms with Crippen molar-refractivity contribution in [2.75, 3.05) is 14.2 Å². The van der Waals surface area contributed by atoms with Gasteiger partial charge >= 0.3 is 5.97 Å². The van der Waals surface area contributed by atoms with Crippen LogP contribution in [0, 0.1) is 11.8 Å². The van der Waals surface area contributed by atoms with Crippen LogP contribution in [-0.4, -0.2) is 61.8 Å². The van der Waals surface area contributed by atoms with Crippen LogP contribution in [0.5, 0.6) is 0 Å². The fraction of sp³-hybridized carbons (Fsp3) is 0.667. The van der Waals surface area contributed by atoms with Gasteiger partial charge in [-0.05, 0) is 25.3 Å². The van der Waals surface area contributed by atoms with Crippen LogP contribution in [0.1, 0.15) is 39.5 Å². The molecule has 6 atom stereocenters. The predicted octanol–water partition coefficient (Wildman–Crippen LogP) is 2.02. The molecule has 0 aromatic rings. The number of aldehydes is 1. The topological polar surface area (TPSA) is 99.1 Å². The lowest BCUT2D eigenvalue weighted by Crippen LogP contribution is -2.46. The van der Waals surface area contributed by atoms with E-state index in [4.69, 9.17) is 14.2 Å². The minimum atomic E-state index is -1.17. The molecule has 1 rings (SSSR count). The number of hydrogen-bond acceptors (Lipinski definition) is 7. The number of aliphatic hydroxyl groups excluding tert-OH is 1. The summed E-state index contributed by atoms with van der Waals surface area (Å²) in [7, 11) is 2.86. The molecule has 1 aliphatic rings. The first kappa shape index (κ1) is 24.2. The molecule has 0 aromatic heterocycles. The number of allylic oxidation sites excluding steroid dienone is 3. The lowest BCUT2D eigenvalue weighted by molar-refractivity contribution is -0.158. The largest absolute Gasteiger partial charge is 0.462 e. The van der Waals surface area contributed by atoms with Crippen molar-refractivity contribution in [2.45, 2.75) is 63.9 Å². The summed E-state index contributed by atoms with van der Waals surface area (Å²) >= 11 is 0. The van der Waals surface area contributed by atoms with Crippen LogP contribution in [-0.2, 0) is 28.6 Å². The van der Waals surface area contributed by atoms with Gasteiger partial charge in [0.05, 0.1) is 18.6 Å². The molecule has 158 valence electrons. The van der Waals surface area contributed by atoms with Crippen LogP contribution in [0.2, 0.25) is 0 Å². The predicted molar refractivity (Wildman–Crippen MR) is 104 cm³/mol. The summed E-state index contributed by atoms with van der Waals surface area (Å²) in [4.78, 5) is 35.7. The van der Waals surface area contributed by atoms with Crippen LogP contribution in [0.3, 0.4) is 0 Å². The Balaban J connectivity index is 3.18. The number of methoxy groups -OCH3 is 2. The minimum absolute atomic E-state index is 0.0588. The normalized spacial score (nSPS) is 35.8. The third kappa shape index (κ3) is 7.66. The van der Waals surface area contributed by atoms with Crippen LogP contribution < -0.4 is 0 Å². The van der Waals surface area contributed by atoms with Crippen molar-refractivity contribution in [1.29, 1.82) is 0 Å². The lowest BCUT2D eigenvalue weighted by atomic mass is 9.83. The van der Waals surface area contributed by atoms with Crippen molar-refractivity contribution in [3.8, 4) is 0 Å². The summed E-state index contributed by atoms with van der Waals surface area (Å²) < 4.78 is 16.3. The van der Waals surface area contributed by atoms with E-state index in [0.29, 0.717) is 12.8 Å². The van der Waals surface area contributed by atoms with Crippen LogP contribution in [0.25, 0.3) is 0 Å². The highest BCUT2D eigenvalue weighted by molar-refractivity contribution is 5.91. The van der Waals surface area contributed by atoms with Gasteiger partial charge in [0.15, 0.2) is 5.78 Å². The molecule has 0 fully saturated rings. The smallest absolute Gasteiger partial charge is 0.308 e. The number of aliphatic hydroxyl groups is 1. The molecule has 0 bridgehead atoms. The van der Waals surface area contributed by atoms with Crippen molar-refractivity contribution < 1.29 is 33.7 Å². The molecule has 1 N–H and O–H groups in total. The Hall–Kier alpha value is -1.83. The molecule has 0 saturated heterocycles. The SMILES string of the molecule is CO[C@@H]1[C@@H](OC)[C@@H](CC=O)C[C@@H](C)C(=O)/C=C/C=C/C[C@@H](C)OC(=O)C[C@H]1O. The summed E-state index contributed by atoms with van der Waals surface area (Å²) in [6, 6.07) is 0. The first-order valence-electron chi connectivity index (χ1n) is 9.57. The van der Waals surface area contributed by atoms with Crippen LogP contribution in [0.4, 0.5) is 0 Å². The average Bonchev–Trinajstić information content (AvgIpc) is 2.64. The fourth-order valence-electron chi connectivity index (χ4n) is 3.43. The number of carbonyl (C=O) groups is 3. The van der Waals surface area contributed by atoms with Gasteiger partial charge in [-0.15, -0.1) is 0 Å². The molecule has 28 heavy (non-hydrogen) atoms. The number of hydrogen-bond donors (Lipinski definition) is 1. The van der Waals surface area contributed by atoms with E-state index in [1.807, 2.05) is 6.08 Å². The number of ether oxygens (including phenoxy) is 3. The summed E-state index contributed by atoms with van der Waals surface area (Å²) in [6.45, 7) is 3.54. The van der Waals surface area contributed by atoms with E-state index in [0.717, 1.165) is 6.29 Å². The van der Waals surface area contributed by atoms with Gasteiger partial charge in [0.2, 0.25) is 0 Å². The Morgan fingerprint density at radius 1 is 1.18 bits per heavy atom. The van der Waals surface area contributed by atoms with E-state index in [1.54, 1.807) is 26.0 Å². The minimum Gasteiger partial charge on any atom is -0.462 e. The maximum absolute atomic E-state index is 12.4. The molecule has 0 aliphatic carbocycles. The molecule has 1 heterocycles. The molecule has 0 radical (unpaired) electrons. The van der Waals surface area contributed by atoms with Gasteiger partial charge in [0, 0.05) is 33.0 Å².